The van der Waals surface area contributed by atoms with Crippen LogP contribution in [0.5, 0.6) is 0 Å². The molecular weight excluding hydrogens is 324 g/mol. The van der Waals surface area contributed by atoms with Crippen molar-refractivity contribution in [1.29, 1.82) is 0 Å². The molecule has 1 amide bonds. The zero-order chi connectivity index (χ0) is 16.2. The Morgan fingerprint density at radius 2 is 2.00 bits per heavy atom. The molecule has 0 saturated heterocycles. The molecule has 0 aliphatic heterocycles. The molecule has 0 radical (unpaired) electrons. The van der Waals surface area contributed by atoms with Crippen LogP contribution in [0.2, 0.25) is 0 Å². The van der Waals surface area contributed by atoms with Gasteiger partial charge >= 0.3 is 0 Å². The van der Waals surface area contributed by atoms with E-state index in [9.17, 15) is 4.79 Å². The van der Waals surface area contributed by atoms with Crippen molar-refractivity contribution in [2.45, 2.75) is 11.4 Å². The number of benzene rings is 2. The van der Waals surface area contributed by atoms with Gasteiger partial charge in [-0.2, -0.15) is 4.99 Å². The number of rotatable bonds is 4. The molecule has 0 bridgehead atoms. The number of nitrogens with zero attached hydrogens (tertiary/aromatic N) is 2. The molecule has 0 unspecified atom stereocenters. The predicted octanol–water partition coefficient (Wildman–Crippen LogP) is 4.35. The average molecular weight is 340 g/mol. The summed E-state index contributed by atoms with van der Waals surface area (Å²) in [6, 6.07) is 15.6. The van der Waals surface area contributed by atoms with Crippen molar-refractivity contribution in [3.05, 3.63) is 71.6 Å². The number of aromatic nitrogens is 1. The lowest BCUT2D eigenvalue weighted by atomic mass is 10.2. The lowest BCUT2D eigenvalue weighted by molar-refractivity contribution is 0.0998. The maximum atomic E-state index is 12.4. The van der Waals surface area contributed by atoms with Crippen LogP contribution in [-0.2, 0) is 6.54 Å². The molecule has 0 aliphatic carbocycles. The Balaban J connectivity index is 2.06. The molecule has 0 fully saturated rings. The Hall–Kier alpha value is -2.11. The van der Waals surface area contributed by atoms with E-state index >= 15 is 0 Å². The smallest absolute Gasteiger partial charge is 0.279 e. The van der Waals surface area contributed by atoms with E-state index in [0.29, 0.717) is 16.9 Å². The van der Waals surface area contributed by atoms with E-state index in [-0.39, 0.29) is 5.91 Å². The highest BCUT2D eigenvalue weighted by Crippen LogP contribution is 2.18. The molecule has 23 heavy (non-hydrogen) atoms. The summed E-state index contributed by atoms with van der Waals surface area (Å²) in [6.45, 7) is 4.42. The Bertz CT molecular complexity index is 920. The Morgan fingerprint density at radius 3 is 2.70 bits per heavy atom. The molecule has 116 valence electrons. The fourth-order valence-electron chi connectivity index (χ4n) is 2.30. The molecule has 1 aromatic heterocycles. The summed E-state index contributed by atoms with van der Waals surface area (Å²) >= 11 is 3.17. The minimum atomic E-state index is -0.220. The lowest BCUT2D eigenvalue weighted by Gasteiger charge is -2.01. The molecule has 0 atom stereocenters. The normalized spacial score (nSPS) is 11.8. The van der Waals surface area contributed by atoms with Crippen LogP contribution in [0.3, 0.4) is 0 Å². The third kappa shape index (κ3) is 3.30. The Morgan fingerprint density at radius 1 is 1.26 bits per heavy atom. The molecule has 0 N–H and O–H groups in total. The first-order chi connectivity index (χ1) is 11.2. The van der Waals surface area contributed by atoms with Crippen LogP contribution >= 0.6 is 23.1 Å². The number of fused-ring (bicyclic) bond motifs is 1. The first-order valence-electron chi connectivity index (χ1n) is 7.15. The van der Waals surface area contributed by atoms with Crippen LogP contribution in [0.4, 0.5) is 0 Å². The highest BCUT2D eigenvalue weighted by Gasteiger charge is 2.08. The van der Waals surface area contributed by atoms with E-state index in [4.69, 9.17) is 0 Å². The molecule has 2 aromatic carbocycles. The van der Waals surface area contributed by atoms with Crippen LogP contribution in [0, 0.1) is 0 Å². The van der Waals surface area contributed by atoms with Crippen molar-refractivity contribution in [2.75, 3.05) is 6.26 Å². The quantitative estimate of drug-likeness (QED) is 0.523. The van der Waals surface area contributed by atoms with Crippen LogP contribution in [0.15, 0.2) is 71.1 Å². The van der Waals surface area contributed by atoms with Crippen LogP contribution in [-0.4, -0.2) is 16.7 Å². The van der Waals surface area contributed by atoms with Gasteiger partial charge in [0.2, 0.25) is 0 Å². The largest absolute Gasteiger partial charge is 0.312 e. The summed E-state index contributed by atoms with van der Waals surface area (Å²) in [5, 5.41) is 0. The monoisotopic (exact) mass is 340 g/mol. The van der Waals surface area contributed by atoms with Gasteiger partial charge < -0.3 is 4.57 Å². The number of amides is 1. The first-order valence-corrected chi connectivity index (χ1v) is 9.19. The molecule has 3 nitrogen and oxygen atoms in total. The van der Waals surface area contributed by atoms with Crippen molar-refractivity contribution in [3.63, 3.8) is 0 Å². The second kappa shape index (κ2) is 6.98. The summed E-state index contributed by atoms with van der Waals surface area (Å²) in [7, 11) is 0. The van der Waals surface area contributed by atoms with Gasteiger partial charge in [-0.25, -0.2) is 0 Å². The summed E-state index contributed by atoms with van der Waals surface area (Å²) in [6.07, 6.45) is 3.83. The summed E-state index contributed by atoms with van der Waals surface area (Å²) < 4.78 is 3.12. The molecule has 0 saturated carbocycles. The molecular formula is C18H16N2OS2. The van der Waals surface area contributed by atoms with E-state index in [2.05, 4.69) is 11.6 Å². The van der Waals surface area contributed by atoms with Gasteiger partial charge in [-0.05, 0) is 42.7 Å². The first kappa shape index (κ1) is 15.8. The van der Waals surface area contributed by atoms with Crippen LogP contribution in [0.1, 0.15) is 10.4 Å². The van der Waals surface area contributed by atoms with Gasteiger partial charge in [-0.1, -0.05) is 29.5 Å². The maximum Gasteiger partial charge on any atom is 0.279 e. The highest BCUT2D eigenvalue weighted by molar-refractivity contribution is 7.98. The third-order valence-corrected chi connectivity index (χ3v) is 5.24. The highest BCUT2D eigenvalue weighted by atomic mass is 32.2. The van der Waals surface area contributed by atoms with Crippen molar-refractivity contribution < 1.29 is 4.79 Å². The molecule has 5 heteroatoms. The van der Waals surface area contributed by atoms with Gasteiger partial charge in [0.1, 0.15) is 0 Å². The van der Waals surface area contributed by atoms with Gasteiger partial charge in [0.05, 0.1) is 10.2 Å². The van der Waals surface area contributed by atoms with E-state index in [1.807, 2.05) is 65.4 Å². The fourth-order valence-corrected chi connectivity index (χ4v) is 3.74. The van der Waals surface area contributed by atoms with E-state index < -0.39 is 0 Å². The third-order valence-electron chi connectivity index (χ3n) is 3.43. The standard InChI is InChI=1S/C18H16N2OS2/c1-3-12-20-15-6-4-5-7-16(15)23-18(20)19-17(21)13-8-10-14(22-2)11-9-13/h3-11H,1,12H2,2H3. The molecule has 3 rings (SSSR count). The number of carbonyl (C=O) groups excluding carboxylic acids is 1. The molecule has 1 heterocycles. The van der Waals surface area contributed by atoms with Crippen LogP contribution < -0.4 is 4.80 Å². The van der Waals surface area contributed by atoms with Crippen molar-refractivity contribution in [1.82, 2.24) is 4.57 Å². The SMILES string of the molecule is C=CCn1c(=NC(=O)c2ccc(SC)cc2)sc2ccccc21. The predicted molar refractivity (Wildman–Crippen MR) is 98.1 cm³/mol. The number of carbonyl (C=O) groups is 1. The van der Waals surface area contributed by atoms with Crippen molar-refractivity contribution >= 4 is 39.2 Å². The summed E-state index contributed by atoms with van der Waals surface area (Å²) in [4.78, 5) is 18.6. The van der Waals surface area contributed by atoms with Crippen molar-refractivity contribution in [3.8, 4) is 0 Å². The number of para-hydroxylation sites is 1. The summed E-state index contributed by atoms with van der Waals surface area (Å²) in [5.41, 5.74) is 1.67. The van der Waals surface area contributed by atoms with Crippen molar-refractivity contribution in [2.24, 2.45) is 4.99 Å². The average Bonchev–Trinajstić information content (AvgIpc) is 2.93. The second-order valence-electron chi connectivity index (χ2n) is 4.90. The number of thioether (sulfide) groups is 1. The molecule has 3 aromatic rings. The number of hydrogen-bond acceptors (Lipinski definition) is 3. The van der Waals surface area contributed by atoms with Gasteiger partial charge in [-0.15, -0.1) is 18.3 Å². The van der Waals surface area contributed by atoms with Gasteiger partial charge in [0, 0.05) is 17.0 Å². The van der Waals surface area contributed by atoms with Gasteiger partial charge in [0.15, 0.2) is 4.80 Å². The topological polar surface area (TPSA) is 34.4 Å². The van der Waals surface area contributed by atoms with Crippen LogP contribution in [0.25, 0.3) is 10.2 Å². The van der Waals surface area contributed by atoms with E-state index in [0.717, 1.165) is 15.1 Å². The maximum absolute atomic E-state index is 12.4. The zero-order valence-electron chi connectivity index (χ0n) is 12.7. The minimum Gasteiger partial charge on any atom is -0.312 e. The number of thiazole rings is 1. The van der Waals surface area contributed by atoms with Gasteiger partial charge in [-0.3, -0.25) is 4.79 Å². The number of hydrogen-bond donors (Lipinski definition) is 0. The minimum absolute atomic E-state index is 0.220. The Labute approximate surface area is 143 Å². The van der Waals surface area contributed by atoms with E-state index in [1.165, 1.54) is 11.3 Å². The van der Waals surface area contributed by atoms with Gasteiger partial charge in [0.25, 0.3) is 5.91 Å². The lowest BCUT2D eigenvalue weighted by Crippen LogP contribution is -2.16. The second-order valence-corrected chi connectivity index (χ2v) is 6.79. The molecule has 0 aliphatic rings. The zero-order valence-corrected chi connectivity index (χ0v) is 14.4. The van der Waals surface area contributed by atoms with E-state index in [1.54, 1.807) is 11.8 Å². The molecule has 0 spiro atoms. The number of allylic oxidation sites excluding steroid dienone is 1. The fraction of sp³-hybridized carbons (Fsp3) is 0.111. The summed E-state index contributed by atoms with van der Waals surface area (Å²) in [5.74, 6) is -0.220. The Kier molecular flexibility index (Phi) is 4.79.